The molecule has 0 saturated heterocycles. The molecule has 2 rings (SSSR count). The van der Waals surface area contributed by atoms with E-state index in [1.54, 1.807) is 7.11 Å². The average molecular weight is 260 g/mol. The maximum Gasteiger partial charge on any atom is 0.150 e. The van der Waals surface area contributed by atoms with Gasteiger partial charge in [-0.1, -0.05) is 18.2 Å². The van der Waals surface area contributed by atoms with Gasteiger partial charge in [0.2, 0.25) is 0 Å². The average Bonchev–Trinajstić information content (AvgIpc) is 2.44. The van der Waals surface area contributed by atoms with Crippen LogP contribution in [-0.2, 0) is 6.61 Å². The van der Waals surface area contributed by atoms with E-state index < -0.39 is 5.82 Å². The van der Waals surface area contributed by atoms with Gasteiger partial charge in [-0.05, 0) is 18.2 Å². The van der Waals surface area contributed by atoms with Crippen LogP contribution in [0.2, 0.25) is 0 Å². The Morgan fingerprint density at radius 1 is 1.21 bits per heavy atom. The number of halogens is 1. The molecule has 0 aliphatic carbocycles. The summed E-state index contributed by atoms with van der Waals surface area (Å²) in [6, 6.07) is 11.3. The van der Waals surface area contributed by atoms with Gasteiger partial charge in [0.25, 0.3) is 0 Å². The van der Waals surface area contributed by atoms with Crippen LogP contribution < -0.4 is 9.47 Å². The Hall–Kier alpha value is -2.36. The molecule has 0 bridgehead atoms. The molecule has 0 saturated carbocycles. The first-order valence-electron chi connectivity index (χ1n) is 5.73. The zero-order chi connectivity index (χ0) is 13.7. The minimum Gasteiger partial charge on any atom is -0.496 e. The third kappa shape index (κ3) is 3.31. The van der Waals surface area contributed by atoms with Crippen LogP contribution in [0.1, 0.15) is 15.9 Å². The molecule has 0 aliphatic rings. The molecule has 0 aliphatic heterocycles. The van der Waals surface area contributed by atoms with Gasteiger partial charge in [-0.3, -0.25) is 4.79 Å². The molecule has 0 radical (unpaired) electrons. The fourth-order valence-corrected chi connectivity index (χ4v) is 1.72. The molecule has 0 heterocycles. The summed E-state index contributed by atoms with van der Waals surface area (Å²) < 4.78 is 23.9. The quantitative estimate of drug-likeness (QED) is 0.774. The van der Waals surface area contributed by atoms with Crippen molar-refractivity contribution in [2.24, 2.45) is 0 Å². The first kappa shape index (κ1) is 13.1. The molecule has 0 aromatic heterocycles. The van der Waals surface area contributed by atoms with Gasteiger partial charge >= 0.3 is 0 Å². The van der Waals surface area contributed by atoms with Crippen LogP contribution in [0.25, 0.3) is 0 Å². The maximum absolute atomic E-state index is 13.2. The van der Waals surface area contributed by atoms with Crippen LogP contribution in [0.15, 0.2) is 42.5 Å². The largest absolute Gasteiger partial charge is 0.496 e. The molecule has 0 N–H and O–H groups in total. The lowest BCUT2D eigenvalue weighted by Gasteiger charge is -2.10. The van der Waals surface area contributed by atoms with Gasteiger partial charge in [-0.15, -0.1) is 0 Å². The van der Waals surface area contributed by atoms with E-state index >= 15 is 0 Å². The van der Waals surface area contributed by atoms with Crippen molar-refractivity contribution < 1.29 is 18.7 Å². The summed E-state index contributed by atoms with van der Waals surface area (Å²) in [5, 5.41) is 0. The summed E-state index contributed by atoms with van der Waals surface area (Å²) in [5.41, 5.74) is 1.09. The van der Waals surface area contributed by atoms with Crippen LogP contribution in [-0.4, -0.2) is 13.4 Å². The van der Waals surface area contributed by atoms with E-state index in [1.807, 2.05) is 24.3 Å². The molecule has 0 spiro atoms. The van der Waals surface area contributed by atoms with Crippen LogP contribution >= 0.6 is 0 Å². The van der Waals surface area contributed by atoms with Crippen molar-refractivity contribution in [3.8, 4) is 11.5 Å². The molecule has 98 valence electrons. The Morgan fingerprint density at radius 3 is 2.74 bits per heavy atom. The minimum absolute atomic E-state index is 0.242. The lowest BCUT2D eigenvalue weighted by molar-refractivity contribution is 0.112. The van der Waals surface area contributed by atoms with Crippen LogP contribution in [0.5, 0.6) is 11.5 Å². The zero-order valence-electron chi connectivity index (χ0n) is 10.4. The number of methoxy groups -OCH3 is 1. The molecule has 4 heteroatoms. The summed E-state index contributed by atoms with van der Waals surface area (Å²) in [6.45, 7) is 0.242. The van der Waals surface area contributed by atoms with Crippen molar-refractivity contribution in [3.05, 3.63) is 59.4 Å². The number of hydrogen-bond acceptors (Lipinski definition) is 3. The lowest BCUT2D eigenvalue weighted by atomic mass is 10.2. The van der Waals surface area contributed by atoms with Gasteiger partial charge in [0.1, 0.15) is 30.2 Å². The van der Waals surface area contributed by atoms with Crippen molar-refractivity contribution in [1.82, 2.24) is 0 Å². The summed E-state index contributed by atoms with van der Waals surface area (Å²) in [7, 11) is 1.57. The lowest BCUT2D eigenvalue weighted by Crippen LogP contribution is -1.99. The van der Waals surface area contributed by atoms with Gasteiger partial charge in [0.05, 0.1) is 7.11 Å². The highest BCUT2D eigenvalue weighted by Crippen LogP contribution is 2.21. The van der Waals surface area contributed by atoms with Crippen molar-refractivity contribution in [2.75, 3.05) is 7.11 Å². The molecule has 2 aromatic carbocycles. The van der Waals surface area contributed by atoms with Gasteiger partial charge in [0, 0.05) is 17.2 Å². The predicted octanol–water partition coefficient (Wildman–Crippen LogP) is 3.23. The second-order valence-electron chi connectivity index (χ2n) is 3.94. The molecule has 3 nitrogen and oxygen atoms in total. The maximum atomic E-state index is 13.2. The Morgan fingerprint density at radius 2 is 2.00 bits per heavy atom. The van der Waals surface area contributed by atoms with Crippen molar-refractivity contribution in [2.45, 2.75) is 6.61 Å². The number of aldehydes is 1. The summed E-state index contributed by atoms with van der Waals surface area (Å²) in [4.78, 5) is 10.6. The molecular weight excluding hydrogens is 247 g/mol. The zero-order valence-corrected chi connectivity index (χ0v) is 10.4. The fraction of sp³-hybridized carbons (Fsp3) is 0.133. The third-order valence-corrected chi connectivity index (χ3v) is 2.62. The standard InChI is InChI=1S/C15H13FO3/c1-18-15-5-3-2-4-12(15)10-19-14-7-11(9-17)6-13(16)8-14/h2-9H,10H2,1H3. The number of benzene rings is 2. The highest BCUT2D eigenvalue weighted by molar-refractivity contribution is 5.75. The van der Waals surface area contributed by atoms with Crippen LogP contribution in [0.4, 0.5) is 4.39 Å². The molecule has 0 amide bonds. The van der Waals surface area contributed by atoms with Gasteiger partial charge < -0.3 is 9.47 Å². The SMILES string of the molecule is COc1ccccc1COc1cc(F)cc(C=O)c1. The van der Waals surface area contributed by atoms with Crippen LogP contribution in [0, 0.1) is 5.82 Å². The van der Waals surface area contributed by atoms with E-state index in [-0.39, 0.29) is 12.2 Å². The third-order valence-electron chi connectivity index (χ3n) is 2.62. The number of carbonyl (C=O) groups excluding carboxylic acids is 1. The normalized spacial score (nSPS) is 10.0. The summed E-state index contributed by atoms with van der Waals surface area (Å²) in [6.07, 6.45) is 0.582. The first-order valence-corrected chi connectivity index (χ1v) is 5.73. The van der Waals surface area contributed by atoms with E-state index in [2.05, 4.69) is 0 Å². The number of carbonyl (C=O) groups is 1. The monoisotopic (exact) mass is 260 g/mol. The highest BCUT2D eigenvalue weighted by atomic mass is 19.1. The van der Waals surface area contributed by atoms with Crippen molar-refractivity contribution >= 4 is 6.29 Å². The first-order chi connectivity index (χ1) is 9.22. The van der Waals surface area contributed by atoms with E-state index in [9.17, 15) is 9.18 Å². The molecular formula is C15H13FO3. The van der Waals surface area contributed by atoms with Gasteiger partial charge in [-0.25, -0.2) is 4.39 Å². The molecule has 0 fully saturated rings. The second kappa shape index (κ2) is 6.00. The van der Waals surface area contributed by atoms with E-state index in [0.717, 1.165) is 11.6 Å². The Bertz CT molecular complexity index is 581. The van der Waals surface area contributed by atoms with E-state index in [4.69, 9.17) is 9.47 Å². The number of ether oxygens (including phenoxy) is 2. The van der Waals surface area contributed by atoms with Crippen LogP contribution in [0.3, 0.4) is 0 Å². The minimum atomic E-state index is -0.500. The van der Waals surface area contributed by atoms with Crippen molar-refractivity contribution in [1.29, 1.82) is 0 Å². The molecule has 0 atom stereocenters. The number of hydrogen-bond donors (Lipinski definition) is 0. The molecule has 2 aromatic rings. The second-order valence-corrected chi connectivity index (χ2v) is 3.94. The Kier molecular flexibility index (Phi) is 4.13. The smallest absolute Gasteiger partial charge is 0.150 e. The Balaban J connectivity index is 2.14. The van der Waals surface area contributed by atoms with Gasteiger partial charge in [-0.2, -0.15) is 0 Å². The highest BCUT2D eigenvalue weighted by Gasteiger charge is 2.05. The van der Waals surface area contributed by atoms with Crippen molar-refractivity contribution in [3.63, 3.8) is 0 Å². The van der Waals surface area contributed by atoms with E-state index in [1.165, 1.54) is 12.1 Å². The molecule has 19 heavy (non-hydrogen) atoms. The number of rotatable bonds is 5. The summed E-state index contributed by atoms with van der Waals surface area (Å²) >= 11 is 0. The topological polar surface area (TPSA) is 35.5 Å². The van der Waals surface area contributed by atoms with Gasteiger partial charge in [0.15, 0.2) is 0 Å². The predicted molar refractivity (Wildman–Crippen MR) is 69.1 cm³/mol. The summed E-state index contributed by atoms with van der Waals surface area (Å²) in [5.74, 6) is 0.516. The fourth-order valence-electron chi connectivity index (χ4n) is 1.72. The molecule has 0 unspecified atom stereocenters. The Labute approximate surface area is 110 Å². The number of para-hydroxylation sites is 1. The van der Waals surface area contributed by atoms with E-state index in [0.29, 0.717) is 17.8 Å².